The van der Waals surface area contributed by atoms with Crippen LogP contribution < -0.4 is 16.0 Å². The molecule has 1 fully saturated rings. The van der Waals surface area contributed by atoms with Gasteiger partial charge in [-0.3, -0.25) is 14.9 Å². The molecule has 6 heteroatoms. The lowest BCUT2D eigenvalue weighted by atomic mass is 10.2. The number of piperazine rings is 1. The second-order valence-electron chi connectivity index (χ2n) is 3.71. The zero-order valence-electron chi connectivity index (χ0n) is 9.00. The number of rotatable bonds is 2. The number of carbonyl (C=O) groups is 2. The monoisotopic (exact) mass is 237 g/mol. The van der Waals surface area contributed by atoms with Crippen molar-refractivity contribution in [3.8, 4) is 0 Å². The van der Waals surface area contributed by atoms with Crippen LogP contribution in [0.4, 0.5) is 10.1 Å². The van der Waals surface area contributed by atoms with Gasteiger partial charge in [-0.25, -0.2) is 4.39 Å². The zero-order valence-corrected chi connectivity index (χ0v) is 9.00. The molecule has 0 aliphatic carbocycles. The van der Waals surface area contributed by atoms with Crippen LogP contribution in [0.5, 0.6) is 0 Å². The van der Waals surface area contributed by atoms with E-state index in [0.29, 0.717) is 0 Å². The van der Waals surface area contributed by atoms with Crippen LogP contribution in [0.15, 0.2) is 24.3 Å². The summed E-state index contributed by atoms with van der Waals surface area (Å²) in [6, 6.07) is 5.39. The number of carbonyl (C=O) groups excluding carboxylic acids is 2. The summed E-state index contributed by atoms with van der Waals surface area (Å²) in [6.07, 6.45) is 0. The van der Waals surface area contributed by atoms with Crippen molar-refractivity contribution in [1.29, 1.82) is 0 Å². The first kappa shape index (κ1) is 11.5. The van der Waals surface area contributed by atoms with Crippen LogP contribution in [0.3, 0.4) is 0 Å². The van der Waals surface area contributed by atoms with E-state index in [2.05, 4.69) is 16.0 Å². The summed E-state index contributed by atoms with van der Waals surface area (Å²) < 4.78 is 13.3. The van der Waals surface area contributed by atoms with Gasteiger partial charge >= 0.3 is 0 Å². The molecule has 1 heterocycles. The maximum absolute atomic E-state index is 13.3. The molecule has 2 amide bonds. The fourth-order valence-electron chi connectivity index (χ4n) is 1.53. The summed E-state index contributed by atoms with van der Waals surface area (Å²) in [7, 11) is 0. The van der Waals surface area contributed by atoms with E-state index in [1.165, 1.54) is 12.1 Å². The smallest absolute Gasteiger partial charge is 0.243 e. The molecule has 1 aromatic rings. The third kappa shape index (κ3) is 2.79. The van der Waals surface area contributed by atoms with Gasteiger partial charge in [0.15, 0.2) is 0 Å². The molecule has 5 nitrogen and oxygen atoms in total. The molecule has 1 aromatic carbocycles. The van der Waals surface area contributed by atoms with Crippen LogP contribution in [-0.2, 0) is 9.59 Å². The van der Waals surface area contributed by atoms with Crippen molar-refractivity contribution in [2.24, 2.45) is 0 Å². The Balaban J connectivity index is 1.98. The van der Waals surface area contributed by atoms with Crippen molar-refractivity contribution in [2.75, 3.05) is 18.4 Å². The maximum Gasteiger partial charge on any atom is 0.243 e. The van der Waals surface area contributed by atoms with Gasteiger partial charge in [-0.05, 0) is 12.1 Å². The Morgan fingerprint density at radius 3 is 2.82 bits per heavy atom. The number of benzene rings is 1. The van der Waals surface area contributed by atoms with Gasteiger partial charge in [0.2, 0.25) is 11.8 Å². The van der Waals surface area contributed by atoms with Crippen molar-refractivity contribution in [3.63, 3.8) is 0 Å². The lowest BCUT2D eigenvalue weighted by Gasteiger charge is -2.23. The number of halogens is 1. The van der Waals surface area contributed by atoms with Crippen molar-refractivity contribution in [2.45, 2.75) is 6.04 Å². The summed E-state index contributed by atoms with van der Waals surface area (Å²) in [5.41, 5.74) is 0.135. The Labute approximate surface area is 97.4 Å². The molecule has 1 aliphatic heterocycles. The summed E-state index contributed by atoms with van der Waals surface area (Å²) in [5, 5.41) is 7.79. The highest BCUT2D eigenvalue weighted by Crippen LogP contribution is 2.12. The second-order valence-corrected chi connectivity index (χ2v) is 3.71. The molecule has 1 aliphatic rings. The molecular formula is C11H12FN3O2. The Bertz CT molecular complexity index is 440. The number of para-hydroxylation sites is 1. The Hall–Kier alpha value is -1.95. The van der Waals surface area contributed by atoms with E-state index in [1.54, 1.807) is 12.1 Å². The van der Waals surface area contributed by atoms with Gasteiger partial charge in [0, 0.05) is 6.54 Å². The zero-order chi connectivity index (χ0) is 12.3. The van der Waals surface area contributed by atoms with Crippen LogP contribution in [0.2, 0.25) is 0 Å². The molecule has 0 saturated carbocycles. The predicted octanol–water partition coefficient (Wildman–Crippen LogP) is -0.148. The van der Waals surface area contributed by atoms with E-state index in [9.17, 15) is 14.0 Å². The quantitative estimate of drug-likeness (QED) is 0.670. The minimum absolute atomic E-state index is 0.0926. The van der Waals surface area contributed by atoms with E-state index in [0.717, 1.165) is 0 Å². The maximum atomic E-state index is 13.3. The van der Waals surface area contributed by atoms with Gasteiger partial charge in [0.05, 0.1) is 12.2 Å². The molecule has 3 N–H and O–H groups in total. The highest BCUT2D eigenvalue weighted by molar-refractivity contribution is 5.96. The SMILES string of the molecule is O=C1CNC(C(=O)Nc2ccccc2F)CN1. The van der Waals surface area contributed by atoms with Gasteiger partial charge in [-0.15, -0.1) is 0 Å². The van der Waals surface area contributed by atoms with Gasteiger partial charge in [-0.1, -0.05) is 12.1 Å². The lowest BCUT2D eigenvalue weighted by molar-refractivity contribution is -0.124. The third-order valence-corrected chi connectivity index (χ3v) is 2.46. The number of hydrogen-bond acceptors (Lipinski definition) is 3. The third-order valence-electron chi connectivity index (χ3n) is 2.46. The standard InChI is InChI=1S/C11H12FN3O2/c12-7-3-1-2-4-8(7)15-11(17)9-5-14-10(16)6-13-9/h1-4,9,13H,5-6H2,(H,14,16)(H,15,17). The highest BCUT2D eigenvalue weighted by atomic mass is 19.1. The molecule has 90 valence electrons. The van der Waals surface area contributed by atoms with Crippen LogP contribution in [0, 0.1) is 5.82 Å². The lowest BCUT2D eigenvalue weighted by Crippen LogP contribution is -2.56. The number of amides is 2. The van der Waals surface area contributed by atoms with Crippen molar-refractivity contribution in [1.82, 2.24) is 10.6 Å². The fraction of sp³-hybridized carbons (Fsp3) is 0.273. The molecule has 0 radical (unpaired) electrons. The number of anilines is 1. The van der Waals surface area contributed by atoms with Gasteiger partial charge in [0.1, 0.15) is 11.9 Å². The van der Waals surface area contributed by atoms with E-state index in [-0.39, 0.29) is 30.6 Å². The molecule has 2 rings (SSSR count). The van der Waals surface area contributed by atoms with Crippen LogP contribution in [0.25, 0.3) is 0 Å². The van der Waals surface area contributed by atoms with Crippen molar-refractivity contribution >= 4 is 17.5 Å². The molecule has 0 aromatic heterocycles. The first-order valence-corrected chi connectivity index (χ1v) is 5.22. The molecule has 1 saturated heterocycles. The van der Waals surface area contributed by atoms with Gasteiger partial charge < -0.3 is 10.6 Å². The van der Waals surface area contributed by atoms with E-state index >= 15 is 0 Å². The summed E-state index contributed by atoms with van der Waals surface area (Å²) in [4.78, 5) is 22.6. The first-order chi connectivity index (χ1) is 8.16. The van der Waals surface area contributed by atoms with E-state index < -0.39 is 11.9 Å². The average molecular weight is 237 g/mol. The fourth-order valence-corrected chi connectivity index (χ4v) is 1.53. The number of hydrogen-bond donors (Lipinski definition) is 3. The molecular weight excluding hydrogens is 225 g/mol. The molecule has 0 spiro atoms. The van der Waals surface area contributed by atoms with Crippen LogP contribution >= 0.6 is 0 Å². The van der Waals surface area contributed by atoms with Crippen molar-refractivity contribution in [3.05, 3.63) is 30.1 Å². The van der Waals surface area contributed by atoms with Crippen molar-refractivity contribution < 1.29 is 14.0 Å². The largest absolute Gasteiger partial charge is 0.353 e. The Kier molecular flexibility index (Phi) is 3.34. The molecule has 1 unspecified atom stereocenters. The minimum atomic E-state index is -0.535. The molecule has 0 bridgehead atoms. The van der Waals surface area contributed by atoms with Gasteiger partial charge in [-0.2, -0.15) is 0 Å². The number of nitrogens with one attached hydrogen (secondary N) is 3. The van der Waals surface area contributed by atoms with E-state index in [1.807, 2.05) is 0 Å². The Morgan fingerprint density at radius 2 is 2.18 bits per heavy atom. The van der Waals surface area contributed by atoms with E-state index in [4.69, 9.17) is 0 Å². The van der Waals surface area contributed by atoms with Crippen LogP contribution in [0.1, 0.15) is 0 Å². The van der Waals surface area contributed by atoms with Gasteiger partial charge in [0.25, 0.3) is 0 Å². The summed E-state index contributed by atoms with van der Waals surface area (Å²) in [6.45, 7) is 0.300. The predicted molar refractivity (Wildman–Crippen MR) is 59.8 cm³/mol. The molecule has 1 atom stereocenters. The normalized spacial score (nSPS) is 19.6. The van der Waals surface area contributed by atoms with Crippen LogP contribution in [-0.4, -0.2) is 30.9 Å². The first-order valence-electron chi connectivity index (χ1n) is 5.22. The average Bonchev–Trinajstić information content (AvgIpc) is 2.33. The summed E-state index contributed by atoms with van der Waals surface area (Å²) >= 11 is 0. The minimum Gasteiger partial charge on any atom is -0.353 e. The highest BCUT2D eigenvalue weighted by Gasteiger charge is 2.24. The Morgan fingerprint density at radius 1 is 1.41 bits per heavy atom. The summed E-state index contributed by atoms with van der Waals surface area (Å²) in [5.74, 6) is -1.00. The molecule has 17 heavy (non-hydrogen) atoms. The second kappa shape index (κ2) is 4.92. The topological polar surface area (TPSA) is 70.2 Å².